The summed E-state index contributed by atoms with van der Waals surface area (Å²) in [5, 5.41) is 8.19. The molecule has 238 valence electrons. The number of benzene rings is 4. The monoisotopic (exact) mass is 640 g/mol. The Morgan fingerprint density at radius 2 is 1.59 bits per heavy atom. The molecule has 0 aliphatic carbocycles. The number of nitrogens with zero attached hydrogens (tertiary/aromatic N) is 4. The number of anilines is 1. The molecule has 4 aromatic carbocycles. The molecule has 2 N–H and O–H groups in total. The normalized spacial score (nSPS) is 18.5. The average Bonchev–Trinajstić information content (AvgIpc) is 3.37. The third-order valence-electron chi connectivity index (χ3n) is 8.46. The number of hydrogen-bond acceptors (Lipinski definition) is 6. The summed E-state index contributed by atoms with van der Waals surface area (Å²) < 4.78 is 25.8. The number of rotatable bonds is 9. The van der Waals surface area contributed by atoms with Crippen molar-refractivity contribution in [1.29, 1.82) is 0 Å². The predicted octanol–water partition coefficient (Wildman–Crippen LogP) is 3.39. The van der Waals surface area contributed by atoms with Gasteiger partial charge in [0.15, 0.2) is 0 Å². The first kappa shape index (κ1) is 31.1. The van der Waals surface area contributed by atoms with Gasteiger partial charge in [0, 0.05) is 32.2 Å². The lowest BCUT2D eigenvalue weighted by Gasteiger charge is -2.46. The van der Waals surface area contributed by atoms with Gasteiger partial charge in [0.2, 0.25) is 21.8 Å². The highest BCUT2D eigenvalue weighted by Gasteiger charge is 2.51. The van der Waals surface area contributed by atoms with Crippen LogP contribution in [0.1, 0.15) is 16.7 Å². The summed E-state index contributed by atoms with van der Waals surface area (Å²) in [5.74, 6) is -0.430. The van der Waals surface area contributed by atoms with Crippen LogP contribution in [0.25, 0.3) is 10.8 Å². The van der Waals surface area contributed by atoms with Crippen molar-refractivity contribution in [2.75, 3.05) is 31.1 Å². The first-order valence-corrected chi connectivity index (χ1v) is 16.9. The second kappa shape index (κ2) is 12.8. The molecular weight excluding hydrogens is 604 g/mol. The first-order chi connectivity index (χ1) is 22.1. The second-order valence-electron chi connectivity index (χ2n) is 11.7. The minimum atomic E-state index is -3.45. The Labute approximate surface area is 268 Å². The number of urea groups is 1. The van der Waals surface area contributed by atoms with Crippen LogP contribution >= 0.6 is 0 Å². The molecule has 0 spiro atoms. The summed E-state index contributed by atoms with van der Waals surface area (Å²) in [6, 6.07) is 29.2. The Balaban J connectivity index is 1.28. The highest BCUT2D eigenvalue weighted by molar-refractivity contribution is 7.92. The van der Waals surface area contributed by atoms with Crippen LogP contribution in [0.5, 0.6) is 0 Å². The summed E-state index contributed by atoms with van der Waals surface area (Å²) in [4.78, 5) is 44.5. The fourth-order valence-electron chi connectivity index (χ4n) is 6.24. The van der Waals surface area contributed by atoms with Gasteiger partial charge >= 0.3 is 6.03 Å². The minimum absolute atomic E-state index is 0.0526. The quantitative estimate of drug-likeness (QED) is 0.289. The zero-order chi connectivity index (χ0) is 32.4. The van der Waals surface area contributed by atoms with Crippen molar-refractivity contribution in [1.82, 2.24) is 25.1 Å². The molecule has 2 saturated heterocycles. The van der Waals surface area contributed by atoms with Crippen molar-refractivity contribution in [3.05, 3.63) is 114 Å². The second-order valence-corrected chi connectivity index (χ2v) is 13.4. The van der Waals surface area contributed by atoms with E-state index in [9.17, 15) is 22.8 Å². The SMILES string of the molecule is CN(C(=O)NCc1ccccc1)N1CC(=O)N2[C@@H](Cc3ccc(NS(C)(=O)=O)cc3)C(=O)N(Cc3cccc4ccccc34)C[C@@H]21. The average molecular weight is 641 g/mol. The molecule has 0 aromatic heterocycles. The standard InChI is InChI=1S/C34H36N6O5S/c1-37(34(43)35-20-25-9-4-3-5-10-25)39-23-32(41)40-30(19-24-15-17-28(18-16-24)36-46(2,44)45)33(42)38(22-31(39)40)21-27-13-8-12-26-11-6-7-14-29(26)27/h3-18,30-31,36H,19-23H2,1-2H3,(H,35,43)/t30-,31+/m0/s1. The largest absolute Gasteiger partial charge is 0.333 e. The van der Waals surface area contributed by atoms with E-state index in [2.05, 4.69) is 10.0 Å². The van der Waals surface area contributed by atoms with E-state index in [0.29, 0.717) is 18.8 Å². The fourth-order valence-corrected chi connectivity index (χ4v) is 6.80. The topological polar surface area (TPSA) is 122 Å². The number of amides is 4. The van der Waals surface area contributed by atoms with Crippen LogP contribution in [0, 0.1) is 0 Å². The third kappa shape index (κ3) is 6.68. The number of hydrogen-bond donors (Lipinski definition) is 2. The van der Waals surface area contributed by atoms with Crippen LogP contribution in [0.15, 0.2) is 97.1 Å². The lowest BCUT2D eigenvalue weighted by atomic mass is 9.99. The molecule has 2 fully saturated rings. The number of fused-ring (bicyclic) bond motifs is 2. The van der Waals surface area contributed by atoms with E-state index in [-0.39, 0.29) is 37.4 Å². The Bertz CT molecular complexity index is 1860. The molecule has 2 atom stereocenters. The summed E-state index contributed by atoms with van der Waals surface area (Å²) >= 11 is 0. The summed E-state index contributed by atoms with van der Waals surface area (Å²) in [5.41, 5.74) is 3.11. The number of carbonyl (C=O) groups excluding carboxylic acids is 3. The number of piperazine rings is 1. The Morgan fingerprint density at radius 1 is 0.891 bits per heavy atom. The molecule has 4 amide bonds. The maximum absolute atomic E-state index is 14.2. The molecule has 0 saturated carbocycles. The highest BCUT2D eigenvalue weighted by atomic mass is 32.2. The zero-order valence-corrected chi connectivity index (χ0v) is 26.5. The Morgan fingerprint density at radius 3 is 2.33 bits per heavy atom. The van der Waals surface area contributed by atoms with Crippen molar-refractivity contribution >= 4 is 44.3 Å². The number of hydrazine groups is 1. The number of carbonyl (C=O) groups is 3. The van der Waals surface area contributed by atoms with Gasteiger partial charge in [0.1, 0.15) is 12.2 Å². The summed E-state index contributed by atoms with van der Waals surface area (Å²) in [6.07, 6.45) is 0.740. The van der Waals surface area contributed by atoms with Gasteiger partial charge in [-0.25, -0.2) is 13.2 Å². The van der Waals surface area contributed by atoms with E-state index in [1.54, 1.807) is 46.1 Å². The molecule has 2 aliphatic rings. The third-order valence-corrected chi connectivity index (χ3v) is 9.07. The summed E-state index contributed by atoms with van der Waals surface area (Å²) in [7, 11) is -1.82. The van der Waals surface area contributed by atoms with Gasteiger partial charge in [-0.2, -0.15) is 5.01 Å². The van der Waals surface area contributed by atoms with Gasteiger partial charge in [-0.15, -0.1) is 0 Å². The van der Waals surface area contributed by atoms with Crippen LogP contribution in [0.2, 0.25) is 0 Å². The van der Waals surface area contributed by atoms with Gasteiger partial charge < -0.3 is 15.1 Å². The van der Waals surface area contributed by atoms with Crippen LogP contribution < -0.4 is 10.0 Å². The number of nitrogens with one attached hydrogen (secondary N) is 2. The van der Waals surface area contributed by atoms with E-state index in [1.807, 2.05) is 72.8 Å². The van der Waals surface area contributed by atoms with Crippen molar-refractivity contribution in [3.63, 3.8) is 0 Å². The maximum atomic E-state index is 14.2. The molecule has 0 radical (unpaired) electrons. The molecule has 12 heteroatoms. The van der Waals surface area contributed by atoms with Gasteiger partial charge in [-0.3, -0.25) is 19.3 Å². The van der Waals surface area contributed by atoms with Crippen molar-refractivity contribution in [2.45, 2.75) is 31.7 Å². The van der Waals surface area contributed by atoms with Crippen LogP contribution in [0.3, 0.4) is 0 Å². The molecule has 11 nitrogen and oxygen atoms in total. The van der Waals surface area contributed by atoms with Crippen molar-refractivity contribution in [2.24, 2.45) is 0 Å². The minimum Gasteiger partial charge on any atom is -0.333 e. The summed E-state index contributed by atoms with van der Waals surface area (Å²) in [6.45, 7) is 0.837. The van der Waals surface area contributed by atoms with Gasteiger partial charge in [0.25, 0.3) is 0 Å². The van der Waals surface area contributed by atoms with Gasteiger partial charge in [-0.1, -0.05) is 84.9 Å². The Kier molecular flexibility index (Phi) is 8.65. The molecule has 2 aliphatic heterocycles. The van der Waals surface area contributed by atoms with E-state index in [0.717, 1.165) is 33.7 Å². The van der Waals surface area contributed by atoms with E-state index in [1.165, 1.54) is 5.01 Å². The molecule has 2 heterocycles. The molecule has 46 heavy (non-hydrogen) atoms. The van der Waals surface area contributed by atoms with Crippen LogP contribution in [-0.4, -0.2) is 84.7 Å². The van der Waals surface area contributed by atoms with Gasteiger partial charge in [0.05, 0.1) is 19.3 Å². The van der Waals surface area contributed by atoms with Crippen LogP contribution in [0.4, 0.5) is 10.5 Å². The van der Waals surface area contributed by atoms with Crippen LogP contribution in [-0.2, 0) is 39.1 Å². The first-order valence-electron chi connectivity index (χ1n) is 15.0. The highest BCUT2D eigenvalue weighted by Crippen LogP contribution is 2.31. The lowest BCUT2D eigenvalue weighted by Crippen LogP contribution is -2.65. The molecule has 0 unspecified atom stereocenters. The van der Waals surface area contributed by atoms with E-state index >= 15 is 0 Å². The zero-order valence-electron chi connectivity index (χ0n) is 25.7. The maximum Gasteiger partial charge on any atom is 0.332 e. The lowest BCUT2D eigenvalue weighted by molar-refractivity contribution is -0.157. The number of sulfonamides is 1. The van der Waals surface area contributed by atoms with E-state index < -0.39 is 22.2 Å². The predicted molar refractivity (Wildman–Crippen MR) is 176 cm³/mol. The van der Waals surface area contributed by atoms with Gasteiger partial charge in [-0.05, 0) is 39.6 Å². The van der Waals surface area contributed by atoms with Crippen molar-refractivity contribution in [3.8, 4) is 0 Å². The molecule has 4 aromatic rings. The Hall–Kier alpha value is -4.94. The molecular formula is C34H36N6O5S. The molecule has 6 rings (SSSR count). The van der Waals surface area contributed by atoms with Crippen molar-refractivity contribution < 1.29 is 22.8 Å². The fraction of sp³-hybridized carbons (Fsp3) is 0.265. The smallest absolute Gasteiger partial charge is 0.332 e. The molecule has 0 bridgehead atoms. The van der Waals surface area contributed by atoms with E-state index in [4.69, 9.17) is 0 Å².